The second-order valence-corrected chi connectivity index (χ2v) is 11.3. The first-order valence-electron chi connectivity index (χ1n) is 12.6. The second-order valence-electron chi connectivity index (χ2n) is 9.38. The van der Waals surface area contributed by atoms with Crippen molar-refractivity contribution in [3.8, 4) is 0 Å². The number of nitrogens with zero attached hydrogens (tertiary/aromatic N) is 2. The van der Waals surface area contributed by atoms with Crippen molar-refractivity contribution >= 4 is 27.5 Å². The molecule has 0 spiro atoms. The van der Waals surface area contributed by atoms with Gasteiger partial charge in [0.15, 0.2) is 0 Å². The predicted molar refractivity (Wildman–Crippen MR) is 147 cm³/mol. The molecule has 0 aromatic heterocycles. The maximum Gasteiger partial charge on any atom is 0.244 e. The van der Waals surface area contributed by atoms with E-state index < -0.39 is 46.1 Å². The van der Waals surface area contributed by atoms with Gasteiger partial charge in [0, 0.05) is 24.6 Å². The molecule has 3 rings (SSSR count). The lowest BCUT2D eigenvalue weighted by molar-refractivity contribution is -0.140. The van der Waals surface area contributed by atoms with E-state index >= 15 is 0 Å². The minimum absolute atomic E-state index is 0.0850. The van der Waals surface area contributed by atoms with E-state index in [0.717, 1.165) is 28.3 Å². The number of halogens is 2. The Hall–Kier alpha value is -3.79. The molecule has 39 heavy (non-hydrogen) atoms. The van der Waals surface area contributed by atoms with Crippen molar-refractivity contribution in [1.29, 1.82) is 0 Å². The molecule has 0 aliphatic rings. The van der Waals surface area contributed by atoms with Crippen molar-refractivity contribution in [3.05, 3.63) is 102 Å². The van der Waals surface area contributed by atoms with E-state index in [2.05, 4.69) is 5.32 Å². The summed E-state index contributed by atoms with van der Waals surface area (Å²) >= 11 is 0. The Morgan fingerprint density at radius 1 is 0.923 bits per heavy atom. The number of rotatable bonds is 12. The molecule has 0 aliphatic carbocycles. The van der Waals surface area contributed by atoms with Crippen molar-refractivity contribution in [2.24, 2.45) is 0 Å². The summed E-state index contributed by atoms with van der Waals surface area (Å²) in [5, 5.41) is 2.91. The second kappa shape index (κ2) is 13.3. The Morgan fingerprint density at radius 2 is 1.54 bits per heavy atom. The lowest BCUT2D eigenvalue weighted by atomic mass is 10.0. The maximum atomic E-state index is 14.7. The number of nitrogens with one attached hydrogen (secondary N) is 1. The smallest absolute Gasteiger partial charge is 0.244 e. The van der Waals surface area contributed by atoms with Crippen molar-refractivity contribution in [3.63, 3.8) is 0 Å². The maximum absolute atomic E-state index is 14.7. The van der Waals surface area contributed by atoms with Crippen molar-refractivity contribution < 1.29 is 26.8 Å². The molecule has 10 heteroatoms. The highest BCUT2D eigenvalue weighted by Crippen LogP contribution is 2.21. The SMILES string of the molecule is CC[C@H](C)NC(=O)[C@H](Cc1ccccc1)N(Cc1ccccc1F)C(=O)CN(c1ccc(F)cc1)S(C)(=O)=O. The summed E-state index contributed by atoms with van der Waals surface area (Å²) in [4.78, 5) is 28.7. The summed E-state index contributed by atoms with van der Waals surface area (Å²) in [6.07, 6.45) is 1.71. The van der Waals surface area contributed by atoms with Gasteiger partial charge in [0.05, 0.1) is 11.9 Å². The fraction of sp³-hybridized carbons (Fsp3) is 0.310. The van der Waals surface area contributed by atoms with Gasteiger partial charge >= 0.3 is 0 Å². The minimum Gasteiger partial charge on any atom is -0.352 e. The Balaban J connectivity index is 2.06. The van der Waals surface area contributed by atoms with Gasteiger partial charge in [-0.25, -0.2) is 17.2 Å². The standard InChI is InChI=1S/C29H33F2N3O4S/c1-4-21(2)32-29(36)27(18-22-10-6-5-7-11-22)33(19-23-12-8-9-13-26(23)31)28(35)20-34(39(3,37)38)25-16-14-24(30)15-17-25/h5-17,21,27H,4,18-20H2,1-3H3,(H,32,36)/t21-,27-/m0/s1. The third-order valence-corrected chi connectivity index (χ3v) is 7.51. The van der Waals surface area contributed by atoms with Crippen LogP contribution in [-0.4, -0.2) is 50.0 Å². The van der Waals surface area contributed by atoms with Crippen LogP contribution in [0, 0.1) is 11.6 Å². The van der Waals surface area contributed by atoms with Gasteiger partial charge in [-0.15, -0.1) is 0 Å². The highest BCUT2D eigenvalue weighted by atomic mass is 32.2. The van der Waals surface area contributed by atoms with E-state index in [0.29, 0.717) is 6.42 Å². The Bertz CT molecular complexity index is 1370. The van der Waals surface area contributed by atoms with Crippen LogP contribution in [0.5, 0.6) is 0 Å². The summed E-state index contributed by atoms with van der Waals surface area (Å²) in [5.74, 6) is -2.28. The zero-order chi connectivity index (χ0) is 28.6. The fourth-order valence-corrected chi connectivity index (χ4v) is 4.88. The van der Waals surface area contributed by atoms with Crippen molar-refractivity contribution in [1.82, 2.24) is 10.2 Å². The molecule has 0 aliphatic heterocycles. The van der Waals surface area contributed by atoms with Crippen LogP contribution < -0.4 is 9.62 Å². The van der Waals surface area contributed by atoms with Crippen LogP contribution >= 0.6 is 0 Å². The minimum atomic E-state index is -3.98. The number of benzene rings is 3. The first-order valence-corrected chi connectivity index (χ1v) is 14.4. The van der Waals surface area contributed by atoms with Crippen molar-refractivity contribution in [2.75, 3.05) is 17.1 Å². The molecule has 208 valence electrons. The normalized spacial score (nSPS) is 12.8. The highest BCUT2D eigenvalue weighted by molar-refractivity contribution is 7.92. The molecule has 2 amide bonds. The van der Waals surface area contributed by atoms with Crippen LogP contribution in [0.3, 0.4) is 0 Å². The third kappa shape index (κ3) is 8.35. The summed E-state index contributed by atoms with van der Waals surface area (Å²) in [7, 11) is -3.98. The molecule has 0 saturated carbocycles. The van der Waals surface area contributed by atoms with Gasteiger partial charge in [0.1, 0.15) is 24.2 Å². The van der Waals surface area contributed by atoms with E-state index in [1.54, 1.807) is 6.07 Å². The molecule has 7 nitrogen and oxygen atoms in total. The van der Waals surface area contributed by atoms with Crippen LogP contribution in [0.4, 0.5) is 14.5 Å². The zero-order valence-electron chi connectivity index (χ0n) is 22.2. The van der Waals surface area contributed by atoms with Gasteiger partial charge in [-0.3, -0.25) is 13.9 Å². The third-order valence-electron chi connectivity index (χ3n) is 6.36. The van der Waals surface area contributed by atoms with Gasteiger partial charge in [0.25, 0.3) is 0 Å². The van der Waals surface area contributed by atoms with Crippen LogP contribution in [0.25, 0.3) is 0 Å². The first-order chi connectivity index (χ1) is 18.5. The van der Waals surface area contributed by atoms with Gasteiger partial charge in [-0.1, -0.05) is 55.5 Å². The van der Waals surface area contributed by atoms with Crippen LogP contribution in [0.2, 0.25) is 0 Å². The van der Waals surface area contributed by atoms with E-state index in [-0.39, 0.29) is 30.3 Å². The number of hydrogen-bond acceptors (Lipinski definition) is 4. The van der Waals surface area contributed by atoms with Gasteiger partial charge in [0.2, 0.25) is 21.8 Å². The molecule has 3 aromatic carbocycles. The van der Waals surface area contributed by atoms with Gasteiger partial charge in [-0.05, 0) is 49.2 Å². The highest BCUT2D eigenvalue weighted by Gasteiger charge is 2.33. The molecule has 0 saturated heterocycles. The monoisotopic (exact) mass is 557 g/mol. The molecule has 0 fully saturated rings. The molecular formula is C29H33F2N3O4S. The lowest BCUT2D eigenvalue weighted by Gasteiger charge is -2.34. The quantitative estimate of drug-likeness (QED) is 0.360. The largest absolute Gasteiger partial charge is 0.352 e. The zero-order valence-corrected chi connectivity index (χ0v) is 23.0. The van der Waals surface area contributed by atoms with Crippen molar-refractivity contribution in [2.45, 2.75) is 45.3 Å². The van der Waals surface area contributed by atoms with Gasteiger partial charge in [-0.2, -0.15) is 0 Å². The molecule has 2 atom stereocenters. The average molecular weight is 558 g/mol. The molecule has 0 heterocycles. The molecule has 0 unspecified atom stereocenters. The number of anilines is 1. The van der Waals surface area contributed by atoms with E-state index in [9.17, 15) is 26.8 Å². The Morgan fingerprint density at radius 3 is 2.13 bits per heavy atom. The Labute approximate surface area is 228 Å². The van der Waals surface area contributed by atoms with E-state index in [1.165, 1.54) is 35.2 Å². The number of amides is 2. The van der Waals surface area contributed by atoms with Gasteiger partial charge < -0.3 is 10.2 Å². The topological polar surface area (TPSA) is 86.8 Å². The molecule has 0 radical (unpaired) electrons. The van der Waals surface area contributed by atoms with Crippen LogP contribution in [0.1, 0.15) is 31.4 Å². The molecule has 0 bridgehead atoms. The van der Waals surface area contributed by atoms with E-state index in [1.807, 2.05) is 44.2 Å². The average Bonchev–Trinajstić information content (AvgIpc) is 2.90. The summed E-state index contributed by atoms with van der Waals surface area (Å²) in [6, 6.07) is 18.4. The number of sulfonamides is 1. The predicted octanol–water partition coefficient (Wildman–Crippen LogP) is 4.29. The number of carbonyl (C=O) groups excluding carboxylic acids is 2. The summed E-state index contributed by atoms with van der Waals surface area (Å²) in [5.41, 5.74) is 1.03. The molecular weight excluding hydrogens is 524 g/mol. The Kier molecular flexibility index (Phi) is 10.2. The van der Waals surface area contributed by atoms with Crippen LogP contribution in [0.15, 0.2) is 78.9 Å². The fourth-order valence-electron chi connectivity index (χ4n) is 4.03. The lowest BCUT2D eigenvalue weighted by Crippen LogP contribution is -2.54. The number of carbonyl (C=O) groups is 2. The first kappa shape index (κ1) is 29.8. The molecule has 1 N–H and O–H groups in total. The summed E-state index contributed by atoms with van der Waals surface area (Å²) < 4.78 is 54.5. The van der Waals surface area contributed by atoms with E-state index in [4.69, 9.17) is 0 Å². The molecule has 3 aromatic rings. The number of hydrogen-bond donors (Lipinski definition) is 1. The van der Waals surface area contributed by atoms with Crippen LogP contribution in [-0.2, 0) is 32.6 Å². The summed E-state index contributed by atoms with van der Waals surface area (Å²) in [6.45, 7) is 2.81.